The fraction of sp³-hybridized carbons (Fsp3) is 0.222. The van der Waals surface area contributed by atoms with Gasteiger partial charge in [-0.2, -0.15) is 0 Å². The number of carbonyl (C=O) groups is 1. The molecule has 7 heteroatoms. The summed E-state index contributed by atoms with van der Waals surface area (Å²) < 4.78 is 11.5. The molecule has 2 N–H and O–H groups in total. The fourth-order valence-corrected chi connectivity index (χ4v) is 5.57. The second-order valence-corrected chi connectivity index (χ2v) is 10.0. The van der Waals surface area contributed by atoms with E-state index in [4.69, 9.17) is 37.8 Å². The van der Waals surface area contributed by atoms with Crippen molar-refractivity contribution in [3.63, 3.8) is 0 Å². The van der Waals surface area contributed by atoms with E-state index >= 15 is 0 Å². The van der Waals surface area contributed by atoms with E-state index in [1.54, 1.807) is 6.07 Å². The van der Waals surface area contributed by atoms with E-state index in [9.17, 15) is 4.79 Å². The number of benzene rings is 3. The number of halogens is 2. The number of rotatable bonds is 3. The van der Waals surface area contributed by atoms with Crippen LogP contribution in [0, 0.1) is 0 Å². The van der Waals surface area contributed by atoms with Gasteiger partial charge in [0.1, 0.15) is 12.4 Å². The molecule has 5 nitrogen and oxygen atoms in total. The highest BCUT2D eigenvalue weighted by Crippen LogP contribution is 2.52. The van der Waals surface area contributed by atoms with Crippen molar-refractivity contribution in [2.24, 2.45) is 0 Å². The lowest BCUT2D eigenvalue weighted by Gasteiger charge is -2.37. The predicted molar refractivity (Wildman–Crippen MR) is 135 cm³/mol. The Morgan fingerprint density at radius 3 is 2.56 bits per heavy atom. The Balaban J connectivity index is 1.79. The maximum absolute atomic E-state index is 11.1. The Labute approximate surface area is 207 Å². The summed E-state index contributed by atoms with van der Waals surface area (Å²) in [5.74, 6) is 0.644. The molecule has 1 unspecified atom stereocenters. The Bertz CT molecular complexity index is 1340. The van der Waals surface area contributed by atoms with Gasteiger partial charge in [0.15, 0.2) is 6.10 Å². The first-order valence-electron chi connectivity index (χ1n) is 10.9. The van der Waals surface area contributed by atoms with Crippen molar-refractivity contribution in [2.45, 2.75) is 39.0 Å². The van der Waals surface area contributed by atoms with Crippen LogP contribution >= 0.6 is 23.2 Å². The van der Waals surface area contributed by atoms with Gasteiger partial charge in [-0.05, 0) is 67.8 Å². The molecule has 0 radical (unpaired) electrons. The molecule has 0 aromatic heterocycles. The van der Waals surface area contributed by atoms with Crippen LogP contribution in [0.15, 0.2) is 54.6 Å². The lowest BCUT2D eigenvalue weighted by molar-refractivity contribution is 0.0853. The summed E-state index contributed by atoms with van der Waals surface area (Å²) in [6, 6.07) is 15.1. The Morgan fingerprint density at radius 1 is 1.12 bits per heavy atom. The average Bonchev–Trinajstić information content (AvgIpc) is 2.74. The third-order valence-corrected chi connectivity index (χ3v) is 6.54. The van der Waals surface area contributed by atoms with Crippen molar-refractivity contribution in [2.75, 3.05) is 5.32 Å². The standard InChI is InChI=1S/C27H23Cl2NO4/c1-14-12-27(2,3)30-20-8-7-19-23-15(13-33-26(31)32)5-4-6-21(23)34-25(24(19)22(14)20)16-9-17(28)11-18(29)10-16/h4-12,25,30H,13H2,1-3H3,(H,31,32). The molecule has 34 heavy (non-hydrogen) atoms. The molecule has 2 heterocycles. The van der Waals surface area contributed by atoms with Crippen LogP contribution in [0.4, 0.5) is 10.5 Å². The molecule has 0 spiro atoms. The number of nitrogens with one attached hydrogen (secondary N) is 1. The number of allylic oxidation sites excluding steroid dienone is 1. The second kappa shape index (κ2) is 8.26. The summed E-state index contributed by atoms with van der Waals surface area (Å²) in [7, 11) is 0. The van der Waals surface area contributed by atoms with Gasteiger partial charge in [-0.3, -0.25) is 0 Å². The van der Waals surface area contributed by atoms with Crippen LogP contribution in [0.1, 0.15) is 49.1 Å². The minimum absolute atomic E-state index is 0.0772. The number of ether oxygens (including phenoxy) is 2. The van der Waals surface area contributed by atoms with E-state index in [-0.39, 0.29) is 12.1 Å². The average molecular weight is 496 g/mol. The zero-order chi connectivity index (χ0) is 24.2. The highest BCUT2D eigenvalue weighted by atomic mass is 35.5. The van der Waals surface area contributed by atoms with Gasteiger partial charge in [0.05, 0.1) is 5.54 Å². The highest BCUT2D eigenvalue weighted by molar-refractivity contribution is 6.34. The smallest absolute Gasteiger partial charge is 0.480 e. The summed E-state index contributed by atoms with van der Waals surface area (Å²) in [5.41, 5.74) is 7.31. The third kappa shape index (κ3) is 3.99. The Hall–Kier alpha value is -3.15. The Kier molecular flexibility index (Phi) is 5.50. The van der Waals surface area contributed by atoms with Crippen molar-refractivity contribution in [1.29, 1.82) is 0 Å². The topological polar surface area (TPSA) is 67.8 Å². The van der Waals surface area contributed by atoms with Gasteiger partial charge >= 0.3 is 6.16 Å². The number of hydrogen-bond acceptors (Lipinski definition) is 4. The molecule has 3 aromatic rings. The van der Waals surface area contributed by atoms with Gasteiger partial charge in [0, 0.05) is 38.0 Å². The van der Waals surface area contributed by atoms with Gasteiger partial charge in [0.25, 0.3) is 0 Å². The van der Waals surface area contributed by atoms with Crippen LogP contribution in [0.5, 0.6) is 5.75 Å². The molecule has 1 atom stereocenters. The molecule has 0 saturated carbocycles. The van der Waals surface area contributed by atoms with Crippen molar-refractivity contribution in [1.82, 2.24) is 0 Å². The van der Waals surface area contributed by atoms with Crippen LogP contribution in [0.2, 0.25) is 10.0 Å². The van der Waals surface area contributed by atoms with Gasteiger partial charge in [0.2, 0.25) is 0 Å². The number of anilines is 1. The van der Waals surface area contributed by atoms with Crippen LogP contribution in [0.25, 0.3) is 16.7 Å². The normalized spacial score (nSPS) is 17.3. The van der Waals surface area contributed by atoms with Crippen LogP contribution in [0.3, 0.4) is 0 Å². The lowest BCUT2D eigenvalue weighted by Crippen LogP contribution is -2.32. The first-order valence-corrected chi connectivity index (χ1v) is 11.6. The molecule has 0 aliphatic carbocycles. The van der Waals surface area contributed by atoms with Crippen LogP contribution in [-0.4, -0.2) is 16.8 Å². The number of hydrogen-bond donors (Lipinski definition) is 2. The zero-order valence-corrected chi connectivity index (χ0v) is 20.4. The molecule has 0 fully saturated rings. The zero-order valence-electron chi connectivity index (χ0n) is 18.9. The summed E-state index contributed by atoms with van der Waals surface area (Å²) in [4.78, 5) is 11.1. The summed E-state index contributed by atoms with van der Waals surface area (Å²) in [5, 5.41) is 13.7. The van der Waals surface area contributed by atoms with Crippen molar-refractivity contribution >= 4 is 40.6 Å². The van der Waals surface area contributed by atoms with Gasteiger partial charge < -0.3 is 19.9 Å². The highest BCUT2D eigenvalue weighted by Gasteiger charge is 2.35. The van der Waals surface area contributed by atoms with E-state index in [0.29, 0.717) is 15.8 Å². The van der Waals surface area contributed by atoms with Crippen LogP contribution < -0.4 is 10.1 Å². The molecule has 2 aliphatic rings. The molecule has 5 rings (SSSR count). The molecule has 2 aliphatic heterocycles. The van der Waals surface area contributed by atoms with Crippen molar-refractivity contribution < 1.29 is 19.4 Å². The number of fused-ring (bicyclic) bond motifs is 5. The summed E-state index contributed by atoms with van der Waals surface area (Å²) in [6.45, 7) is 6.27. The Morgan fingerprint density at radius 2 is 1.85 bits per heavy atom. The molecular weight excluding hydrogens is 473 g/mol. The quantitative estimate of drug-likeness (QED) is 0.360. The van der Waals surface area contributed by atoms with E-state index in [1.807, 2.05) is 30.3 Å². The monoisotopic (exact) mass is 495 g/mol. The fourth-order valence-electron chi connectivity index (χ4n) is 5.02. The summed E-state index contributed by atoms with van der Waals surface area (Å²) in [6.07, 6.45) is 0.416. The third-order valence-electron chi connectivity index (χ3n) is 6.10. The van der Waals surface area contributed by atoms with Gasteiger partial charge in [-0.15, -0.1) is 0 Å². The largest absolute Gasteiger partial charge is 0.506 e. The van der Waals surface area contributed by atoms with Gasteiger partial charge in [-0.25, -0.2) is 4.79 Å². The van der Waals surface area contributed by atoms with Crippen molar-refractivity contribution in [3.05, 3.63) is 86.9 Å². The molecule has 0 bridgehead atoms. The predicted octanol–water partition coefficient (Wildman–Crippen LogP) is 7.94. The molecule has 0 saturated heterocycles. The molecule has 0 amide bonds. The second-order valence-electron chi connectivity index (χ2n) is 9.17. The number of carboxylic acid groups (broad SMARTS) is 1. The maximum atomic E-state index is 11.1. The lowest BCUT2D eigenvalue weighted by atomic mass is 9.79. The molecule has 174 valence electrons. The summed E-state index contributed by atoms with van der Waals surface area (Å²) >= 11 is 12.7. The van der Waals surface area contributed by atoms with Gasteiger partial charge in [-0.1, -0.05) is 47.5 Å². The SMILES string of the molecule is CC1=CC(C)(C)Nc2ccc3c(c21)C(c1cc(Cl)cc(Cl)c1)Oc1cccc(COC(=O)O)c1-3. The first kappa shape index (κ1) is 22.6. The van der Waals surface area contributed by atoms with E-state index in [0.717, 1.165) is 44.6 Å². The first-order chi connectivity index (χ1) is 16.1. The van der Waals surface area contributed by atoms with Crippen molar-refractivity contribution in [3.8, 4) is 16.9 Å². The molecular formula is C27H23Cl2NO4. The van der Waals surface area contributed by atoms with E-state index < -0.39 is 12.3 Å². The maximum Gasteiger partial charge on any atom is 0.506 e. The minimum atomic E-state index is -1.32. The van der Waals surface area contributed by atoms with Crippen LogP contribution in [-0.2, 0) is 11.3 Å². The van der Waals surface area contributed by atoms with E-state index in [1.165, 1.54) is 0 Å². The minimum Gasteiger partial charge on any atom is -0.480 e. The van der Waals surface area contributed by atoms with E-state index in [2.05, 4.69) is 44.3 Å². The molecule has 3 aromatic carbocycles.